The number of benzene rings is 2. The first-order valence-corrected chi connectivity index (χ1v) is 11.5. The average Bonchev–Trinajstić information content (AvgIpc) is 3.24. The number of aryl methyl sites for hydroxylation is 1. The number of thioether (sulfide) groups is 1. The van der Waals surface area contributed by atoms with Crippen molar-refractivity contribution < 1.29 is 36.3 Å². The molecule has 1 aliphatic heterocycles. The van der Waals surface area contributed by atoms with Gasteiger partial charge in [0.15, 0.2) is 0 Å². The Morgan fingerprint density at radius 2 is 1.78 bits per heavy atom. The van der Waals surface area contributed by atoms with Crippen molar-refractivity contribution in [2.24, 2.45) is 0 Å². The maximum atomic E-state index is 13.8. The van der Waals surface area contributed by atoms with Gasteiger partial charge in [0.1, 0.15) is 18.2 Å². The van der Waals surface area contributed by atoms with Crippen LogP contribution in [-0.2, 0) is 15.8 Å². The standard InChI is InChI=1S/C25H18F5N3O3S/c1-13-8-15(14(2)33(13)18-5-3-4-16(10-18)25(28,29)30)9-21-23(35)32(24(36)37-21)12-22(34)31-20-7-6-17(26)11-19(20)27/h3-11H,12H2,1-2H3,(H,31,34)/b21-9-. The minimum Gasteiger partial charge on any atom is -0.322 e. The van der Waals surface area contributed by atoms with E-state index in [4.69, 9.17) is 0 Å². The summed E-state index contributed by atoms with van der Waals surface area (Å²) in [5.41, 5.74) is 0.798. The van der Waals surface area contributed by atoms with Gasteiger partial charge in [0, 0.05) is 23.1 Å². The molecule has 1 fully saturated rings. The number of nitrogens with zero attached hydrogens (tertiary/aromatic N) is 2. The summed E-state index contributed by atoms with van der Waals surface area (Å²) in [7, 11) is 0. The van der Waals surface area contributed by atoms with E-state index in [-0.39, 0.29) is 16.3 Å². The molecule has 0 saturated carbocycles. The lowest BCUT2D eigenvalue weighted by Crippen LogP contribution is -2.36. The van der Waals surface area contributed by atoms with E-state index < -0.39 is 47.0 Å². The van der Waals surface area contributed by atoms with Crippen molar-refractivity contribution in [3.05, 3.63) is 87.6 Å². The van der Waals surface area contributed by atoms with E-state index in [9.17, 15) is 36.3 Å². The average molecular weight is 535 g/mol. The van der Waals surface area contributed by atoms with Crippen molar-refractivity contribution in [1.29, 1.82) is 0 Å². The van der Waals surface area contributed by atoms with Gasteiger partial charge in [-0.3, -0.25) is 19.3 Å². The van der Waals surface area contributed by atoms with Crippen LogP contribution in [0.1, 0.15) is 22.5 Å². The number of rotatable bonds is 5. The van der Waals surface area contributed by atoms with Gasteiger partial charge in [0.05, 0.1) is 16.2 Å². The number of carbonyl (C=O) groups excluding carboxylic acids is 3. The van der Waals surface area contributed by atoms with Crippen LogP contribution in [0.5, 0.6) is 0 Å². The zero-order chi connectivity index (χ0) is 27.1. The zero-order valence-electron chi connectivity index (χ0n) is 19.3. The molecule has 3 amide bonds. The summed E-state index contributed by atoms with van der Waals surface area (Å²) in [5.74, 6) is -3.47. The first-order chi connectivity index (χ1) is 17.3. The summed E-state index contributed by atoms with van der Waals surface area (Å²) < 4.78 is 67.9. The summed E-state index contributed by atoms with van der Waals surface area (Å²) in [6.07, 6.45) is -3.09. The zero-order valence-corrected chi connectivity index (χ0v) is 20.1. The molecular weight excluding hydrogens is 517 g/mol. The maximum Gasteiger partial charge on any atom is 0.416 e. The van der Waals surface area contributed by atoms with Crippen LogP contribution in [0.25, 0.3) is 11.8 Å². The lowest BCUT2D eigenvalue weighted by atomic mass is 10.2. The number of amides is 3. The molecule has 1 aromatic heterocycles. The van der Waals surface area contributed by atoms with Gasteiger partial charge in [-0.05, 0) is 73.6 Å². The minimum atomic E-state index is -4.51. The summed E-state index contributed by atoms with van der Waals surface area (Å²) in [5, 5.41) is 1.46. The molecular formula is C25H18F5N3O3S. The highest BCUT2D eigenvalue weighted by atomic mass is 32.2. The quantitative estimate of drug-likeness (QED) is 0.318. The second kappa shape index (κ2) is 9.85. The summed E-state index contributed by atoms with van der Waals surface area (Å²) in [6, 6.07) is 8.99. The van der Waals surface area contributed by atoms with Crippen molar-refractivity contribution in [1.82, 2.24) is 9.47 Å². The Kier molecular flexibility index (Phi) is 6.96. The SMILES string of the molecule is Cc1cc(/C=C2\SC(=O)N(CC(=O)Nc3ccc(F)cc3F)C2=O)c(C)n1-c1cccc(C(F)(F)F)c1. The fourth-order valence-corrected chi connectivity index (χ4v) is 4.68. The fourth-order valence-electron chi connectivity index (χ4n) is 3.85. The monoisotopic (exact) mass is 535 g/mol. The minimum absolute atomic E-state index is 0.00931. The molecule has 6 nitrogen and oxygen atoms in total. The van der Waals surface area contributed by atoms with Gasteiger partial charge in [0.25, 0.3) is 11.1 Å². The molecule has 3 aromatic rings. The van der Waals surface area contributed by atoms with Crippen molar-refractivity contribution in [3.63, 3.8) is 0 Å². The highest BCUT2D eigenvalue weighted by Crippen LogP contribution is 2.35. The smallest absolute Gasteiger partial charge is 0.322 e. The van der Waals surface area contributed by atoms with Gasteiger partial charge in [-0.2, -0.15) is 13.2 Å². The molecule has 2 aromatic carbocycles. The topological polar surface area (TPSA) is 71.4 Å². The van der Waals surface area contributed by atoms with Gasteiger partial charge in [-0.25, -0.2) is 8.78 Å². The Morgan fingerprint density at radius 3 is 2.46 bits per heavy atom. The highest BCUT2D eigenvalue weighted by Gasteiger charge is 2.37. The predicted molar refractivity (Wildman–Crippen MR) is 128 cm³/mol. The Hall–Kier alpha value is -3.93. The molecule has 12 heteroatoms. The fraction of sp³-hybridized carbons (Fsp3) is 0.160. The van der Waals surface area contributed by atoms with Crippen LogP contribution in [0.2, 0.25) is 0 Å². The van der Waals surface area contributed by atoms with E-state index in [0.717, 1.165) is 24.3 Å². The molecule has 0 radical (unpaired) electrons. The van der Waals surface area contributed by atoms with Crippen molar-refractivity contribution in [3.8, 4) is 5.69 Å². The van der Waals surface area contributed by atoms with E-state index in [1.54, 1.807) is 24.5 Å². The number of anilines is 1. The number of imide groups is 1. The number of carbonyl (C=O) groups is 3. The molecule has 0 bridgehead atoms. The van der Waals surface area contributed by atoms with E-state index in [1.165, 1.54) is 18.2 Å². The summed E-state index contributed by atoms with van der Waals surface area (Å²) in [4.78, 5) is 38.2. The van der Waals surface area contributed by atoms with Crippen LogP contribution in [-0.4, -0.2) is 33.1 Å². The van der Waals surface area contributed by atoms with Crippen molar-refractivity contribution in [2.45, 2.75) is 20.0 Å². The molecule has 0 aliphatic carbocycles. The molecule has 1 N–H and O–H groups in total. The van der Waals surface area contributed by atoms with Gasteiger partial charge in [-0.1, -0.05) is 6.07 Å². The first-order valence-electron chi connectivity index (χ1n) is 10.7. The van der Waals surface area contributed by atoms with Gasteiger partial charge < -0.3 is 9.88 Å². The second-order valence-corrected chi connectivity index (χ2v) is 9.14. The maximum absolute atomic E-state index is 13.8. The van der Waals surface area contributed by atoms with Crippen LogP contribution >= 0.6 is 11.8 Å². The molecule has 4 rings (SSSR count). The lowest BCUT2D eigenvalue weighted by Gasteiger charge is -2.13. The Bertz CT molecular complexity index is 1460. The molecule has 1 saturated heterocycles. The number of alkyl halides is 3. The van der Waals surface area contributed by atoms with Crippen LogP contribution in [0.15, 0.2) is 53.4 Å². The van der Waals surface area contributed by atoms with Gasteiger partial charge in [-0.15, -0.1) is 0 Å². The normalized spacial score (nSPS) is 15.1. The molecule has 2 heterocycles. The van der Waals surface area contributed by atoms with E-state index in [2.05, 4.69) is 5.32 Å². The first kappa shape index (κ1) is 26.1. The largest absolute Gasteiger partial charge is 0.416 e. The number of hydrogen-bond acceptors (Lipinski definition) is 4. The van der Waals surface area contributed by atoms with Crippen LogP contribution in [0.4, 0.5) is 32.4 Å². The van der Waals surface area contributed by atoms with Crippen molar-refractivity contribution >= 4 is 40.6 Å². The molecule has 0 unspecified atom stereocenters. The third-order valence-corrected chi connectivity index (χ3v) is 6.48. The molecule has 0 spiro atoms. The number of hydrogen-bond donors (Lipinski definition) is 1. The second-order valence-electron chi connectivity index (χ2n) is 8.15. The Balaban J connectivity index is 1.55. The lowest BCUT2D eigenvalue weighted by molar-refractivity contribution is -0.137. The van der Waals surface area contributed by atoms with Gasteiger partial charge >= 0.3 is 6.18 Å². The Morgan fingerprint density at radius 1 is 1.05 bits per heavy atom. The van der Waals surface area contributed by atoms with E-state index in [1.807, 2.05) is 0 Å². The third-order valence-electron chi connectivity index (χ3n) is 5.57. The predicted octanol–water partition coefficient (Wildman–Crippen LogP) is 6.07. The number of aromatic nitrogens is 1. The van der Waals surface area contributed by atoms with E-state index in [0.29, 0.717) is 39.7 Å². The molecule has 37 heavy (non-hydrogen) atoms. The van der Waals surface area contributed by atoms with Crippen LogP contribution < -0.4 is 5.32 Å². The van der Waals surface area contributed by atoms with Crippen LogP contribution in [0, 0.1) is 25.5 Å². The van der Waals surface area contributed by atoms with Gasteiger partial charge in [0.2, 0.25) is 5.91 Å². The highest BCUT2D eigenvalue weighted by molar-refractivity contribution is 8.18. The Labute approximate surface area is 211 Å². The van der Waals surface area contributed by atoms with Crippen molar-refractivity contribution in [2.75, 3.05) is 11.9 Å². The van der Waals surface area contributed by atoms with Crippen LogP contribution in [0.3, 0.4) is 0 Å². The summed E-state index contributed by atoms with van der Waals surface area (Å²) >= 11 is 0.592. The number of nitrogens with one attached hydrogen (secondary N) is 1. The summed E-state index contributed by atoms with van der Waals surface area (Å²) in [6.45, 7) is 2.66. The molecule has 0 atom stereocenters. The molecule has 192 valence electrons. The van der Waals surface area contributed by atoms with E-state index >= 15 is 0 Å². The number of halogens is 5. The third kappa shape index (κ3) is 5.43. The molecule has 1 aliphatic rings.